The first-order valence-corrected chi connectivity index (χ1v) is 5.51. The molecular weight excluding hydrogens is 226 g/mol. The highest BCUT2D eigenvalue weighted by Crippen LogP contribution is 2.33. The van der Waals surface area contributed by atoms with Gasteiger partial charge >= 0.3 is 0 Å². The third-order valence-corrected chi connectivity index (χ3v) is 2.68. The van der Waals surface area contributed by atoms with E-state index in [9.17, 15) is 0 Å². The number of anilines is 1. The van der Waals surface area contributed by atoms with Crippen LogP contribution >= 0.6 is 11.6 Å². The first-order valence-electron chi connectivity index (χ1n) is 5.13. The molecule has 1 atom stereocenters. The van der Waals surface area contributed by atoms with E-state index >= 15 is 0 Å². The number of methoxy groups -OCH3 is 1. The zero-order chi connectivity index (χ0) is 12.5. The van der Waals surface area contributed by atoms with E-state index in [-0.39, 0.29) is 17.5 Å². The van der Waals surface area contributed by atoms with E-state index in [2.05, 4.69) is 30.7 Å². The average molecular weight is 244 g/mol. The van der Waals surface area contributed by atoms with Gasteiger partial charge < -0.3 is 10.5 Å². The average Bonchev–Trinajstić information content (AvgIpc) is 2.14. The van der Waals surface area contributed by atoms with Crippen LogP contribution in [0.2, 0.25) is 5.15 Å². The summed E-state index contributed by atoms with van der Waals surface area (Å²) >= 11 is 6.10. The molecule has 0 aliphatic rings. The molecule has 1 aromatic heterocycles. The van der Waals surface area contributed by atoms with Gasteiger partial charge in [0.05, 0.1) is 11.8 Å². The lowest BCUT2D eigenvalue weighted by Gasteiger charge is -2.24. The first kappa shape index (κ1) is 13.2. The molecule has 90 valence electrons. The molecule has 1 aromatic rings. The lowest BCUT2D eigenvalue weighted by molar-refractivity contribution is 0.117. The lowest BCUT2D eigenvalue weighted by Crippen LogP contribution is -2.20. The van der Waals surface area contributed by atoms with Crippen molar-refractivity contribution < 1.29 is 4.74 Å². The van der Waals surface area contributed by atoms with E-state index < -0.39 is 0 Å². The maximum atomic E-state index is 6.10. The lowest BCUT2D eigenvalue weighted by atomic mass is 9.87. The van der Waals surface area contributed by atoms with Crippen LogP contribution in [0.1, 0.15) is 45.1 Å². The Morgan fingerprint density at radius 3 is 2.31 bits per heavy atom. The van der Waals surface area contributed by atoms with Crippen molar-refractivity contribution in [3.05, 3.63) is 16.4 Å². The number of halogens is 1. The molecule has 1 rings (SSSR count). The van der Waals surface area contributed by atoms with E-state index in [1.807, 2.05) is 6.92 Å². The van der Waals surface area contributed by atoms with E-state index in [4.69, 9.17) is 22.1 Å². The van der Waals surface area contributed by atoms with E-state index in [1.165, 1.54) is 0 Å². The largest absolute Gasteiger partial charge is 0.377 e. The Labute approximate surface area is 101 Å². The molecule has 4 nitrogen and oxygen atoms in total. The number of nitrogens with zero attached hydrogens (tertiary/aromatic N) is 2. The maximum Gasteiger partial charge on any atom is 0.221 e. The Bertz CT molecular complexity index is 388. The second-order valence-corrected chi connectivity index (χ2v) is 5.12. The molecule has 0 aliphatic carbocycles. The molecule has 0 saturated carbocycles. The SMILES string of the molecule is COC(C)c1c(Cl)nc(N)nc1C(C)(C)C. The summed E-state index contributed by atoms with van der Waals surface area (Å²) in [5.74, 6) is 0.196. The zero-order valence-electron chi connectivity index (χ0n) is 10.3. The van der Waals surface area contributed by atoms with Gasteiger partial charge in [-0.3, -0.25) is 0 Å². The topological polar surface area (TPSA) is 61.0 Å². The molecule has 5 heteroatoms. The molecule has 1 unspecified atom stereocenters. The number of aromatic nitrogens is 2. The van der Waals surface area contributed by atoms with Crippen molar-refractivity contribution in [3.8, 4) is 0 Å². The van der Waals surface area contributed by atoms with Crippen LogP contribution in [0.25, 0.3) is 0 Å². The summed E-state index contributed by atoms with van der Waals surface area (Å²) in [6, 6.07) is 0. The summed E-state index contributed by atoms with van der Waals surface area (Å²) in [6.45, 7) is 8.07. The first-order chi connectivity index (χ1) is 7.27. The predicted octanol–water partition coefficient (Wildman–Crippen LogP) is 2.72. The highest BCUT2D eigenvalue weighted by molar-refractivity contribution is 6.30. The van der Waals surface area contributed by atoms with Crippen molar-refractivity contribution in [1.82, 2.24) is 9.97 Å². The van der Waals surface area contributed by atoms with Crippen LogP contribution in [0.5, 0.6) is 0 Å². The maximum absolute atomic E-state index is 6.10. The van der Waals surface area contributed by atoms with Gasteiger partial charge in [-0.2, -0.15) is 0 Å². The van der Waals surface area contributed by atoms with Crippen LogP contribution in [0, 0.1) is 0 Å². The van der Waals surface area contributed by atoms with Crippen molar-refractivity contribution in [2.45, 2.75) is 39.2 Å². The van der Waals surface area contributed by atoms with Crippen LogP contribution < -0.4 is 5.73 Å². The van der Waals surface area contributed by atoms with Gasteiger partial charge in [0.1, 0.15) is 5.15 Å². The van der Waals surface area contributed by atoms with Crippen LogP contribution in [-0.2, 0) is 10.2 Å². The fourth-order valence-electron chi connectivity index (χ4n) is 1.51. The molecule has 16 heavy (non-hydrogen) atoms. The van der Waals surface area contributed by atoms with Crippen molar-refractivity contribution in [2.75, 3.05) is 12.8 Å². The minimum atomic E-state index is -0.151. The predicted molar refractivity (Wildman–Crippen MR) is 65.6 cm³/mol. The summed E-state index contributed by atoms with van der Waals surface area (Å²) in [5, 5.41) is 0.367. The van der Waals surface area contributed by atoms with Gasteiger partial charge in [-0.1, -0.05) is 32.4 Å². The molecule has 0 saturated heterocycles. The Hall–Kier alpha value is -0.870. The van der Waals surface area contributed by atoms with Crippen LogP contribution in [0.3, 0.4) is 0 Å². The third kappa shape index (κ3) is 2.62. The van der Waals surface area contributed by atoms with Crippen LogP contribution in [0.4, 0.5) is 5.95 Å². The van der Waals surface area contributed by atoms with Gasteiger partial charge in [0.15, 0.2) is 0 Å². The number of rotatable bonds is 2. The van der Waals surface area contributed by atoms with Crippen LogP contribution in [-0.4, -0.2) is 17.1 Å². The van der Waals surface area contributed by atoms with E-state index in [1.54, 1.807) is 7.11 Å². The van der Waals surface area contributed by atoms with Crippen molar-refractivity contribution in [1.29, 1.82) is 0 Å². The number of hydrogen-bond acceptors (Lipinski definition) is 4. The third-order valence-electron chi connectivity index (χ3n) is 2.39. The second-order valence-electron chi connectivity index (χ2n) is 4.76. The molecule has 0 bridgehead atoms. The molecular formula is C11H18ClN3O. The highest BCUT2D eigenvalue weighted by Gasteiger charge is 2.26. The molecule has 0 radical (unpaired) electrons. The standard InChI is InChI=1S/C11H18ClN3O/c1-6(16-5)7-8(11(2,3)4)14-10(13)15-9(7)12/h6H,1-5H3,(H2,13,14,15). The fourth-order valence-corrected chi connectivity index (χ4v) is 1.84. The Morgan fingerprint density at radius 2 is 1.88 bits per heavy atom. The molecule has 0 aliphatic heterocycles. The minimum Gasteiger partial charge on any atom is -0.377 e. The number of nitrogen functional groups attached to an aromatic ring is 1. The molecule has 1 heterocycles. The molecule has 0 amide bonds. The van der Waals surface area contributed by atoms with Crippen molar-refractivity contribution in [2.24, 2.45) is 0 Å². The Morgan fingerprint density at radius 1 is 1.31 bits per heavy atom. The minimum absolute atomic E-state index is 0.150. The summed E-state index contributed by atoms with van der Waals surface area (Å²) in [6.07, 6.45) is -0.151. The molecule has 0 aromatic carbocycles. The normalized spacial score (nSPS) is 13.9. The van der Waals surface area contributed by atoms with Gasteiger partial charge in [-0.15, -0.1) is 0 Å². The van der Waals surface area contributed by atoms with Gasteiger partial charge in [0, 0.05) is 18.1 Å². The summed E-state index contributed by atoms with van der Waals surface area (Å²) in [4.78, 5) is 8.25. The highest BCUT2D eigenvalue weighted by atomic mass is 35.5. The number of hydrogen-bond donors (Lipinski definition) is 1. The van der Waals surface area contributed by atoms with Gasteiger partial charge in [0.2, 0.25) is 5.95 Å². The van der Waals surface area contributed by atoms with Crippen molar-refractivity contribution >= 4 is 17.5 Å². The molecule has 2 N–H and O–H groups in total. The number of nitrogens with two attached hydrogens (primary N) is 1. The Kier molecular flexibility index (Phi) is 3.76. The molecule has 0 fully saturated rings. The summed E-state index contributed by atoms with van der Waals surface area (Å²) in [5.41, 5.74) is 7.11. The van der Waals surface area contributed by atoms with E-state index in [0.717, 1.165) is 11.3 Å². The van der Waals surface area contributed by atoms with Crippen LogP contribution in [0.15, 0.2) is 0 Å². The van der Waals surface area contributed by atoms with Gasteiger partial charge in [0.25, 0.3) is 0 Å². The zero-order valence-corrected chi connectivity index (χ0v) is 11.1. The summed E-state index contributed by atoms with van der Waals surface area (Å²) < 4.78 is 5.29. The smallest absolute Gasteiger partial charge is 0.221 e. The van der Waals surface area contributed by atoms with E-state index in [0.29, 0.717) is 5.15 Å². The number of ether oxygens (including phenoxy) is 1. The monoisotopic (exact) mass is 243 g/mol. The van der Waals surface area contributed by atoms with Crippen molar-refractivity contribution in [3.63, 3.8) is 0 Å². The van der Waals surface area contributed by atoms with Gasteiger partial charge in [-0.25, -0.2) is 9.97 Å². The van der Waals surface area contributed by atoms with Gasteiger partial charge in [-0.05, 0) is 6.92 Å². The quantitative estimate of drug-likeness (QED) is 0.812. The second kappa shape index (κ2) is 4.55. The molecule has 0 spiro atoms. The Balaban J connectivity index is 3.44. The fraction of sp³-hybridized carbons (Fsp3) is 0.636. The summed E-state index contributed by atoms with van der Waals surface area (Å²) in [7, 11) is 1.63.